The largest absolute Gasteiger partial charge is 0.491 e. The molecule has 5 rings (SSSR count). The topological polar surface area (TPSA) is 56.1 Å². The molecule has 42 heavy (non-hydrogen) atoms. The molecule has 2 atom stereocenters. The van der Waals surface area contributed by atoms with E-state index in [9.17, 15) is 18.0 Å². The summed E-state index contributed by atoms with van der Waals surface area (Å²) < 4.78 is 54.9. The van der Waals surface area contributed by atoms with E-state index in [4.69, 9.17) is 9.47 Å². The Hall–Kier alpha value is -2.95. The number of thiazole rings is 1. The first-order valence-corrected chi connectivity index (χ1v) is 15.3. The van der Waals surface area contributed by atoms with E-state index < -0.39 is 17.6 Å². The van der Waals surface area contributed by atoms with Crippen LogP contribution in [0, 0.1) is 0 Å². The fraction of sp³-hybridized carbons (Fsp3) is 0.500. The Kier molecular flexibility index (Phi) is 9.25. The highest BCUT2D eigenvalue weighted by Gasteiger charge is 2.33. The molecular formula is C32H38F3N3O3S. The molecule has 3 heterocycles. The molecule has 2 saturated heterocycles. The summed E-state index contributed by atoms with van der Waals surface area (Å²) in [5.74, 6) is -0.645. The molecule has 2 aliphatic heterocycles. The molecular weight excluding hydrogens is 563 g/mol. The lowest BCUT2D eigenvalue weighted by Gasteiger charge is -2.25. The van der Waals surface area contributed by atoms with E-state index in [-0.39, 0.29) is 35.5 Å². The van der Waals surface area contributed by atoms with Crippen LogP contribution in [0.15, 0.2) is 59.7 Å². The zero-order valence-corrected chi connectivity index (χ0v) is 25.1. The minimum atomic E-state index is -4.60. The van der Waals surface area contributed by atoms with Crippen molar-refractivity contribution in [2.24, 2.45) is 4.99 Å². The second-order valence-corrected chi connectivity index (χ2v) is 13.1. The van der Waals surface area contributed by atoms with Crippen LogP contribution >= 0.6 is 11.3 Å². The van der Waals surface area contributed by atoms with Gasteiger partial charge in [0.05, 0.1) is 23.8 Å². The Bertz CT molecular complexity index is 1440. The van der Waals surface area contributed by atoms with E-state index in [2.05, 4.69) is 42.8 Å². The number of benzene rings is 2. The van der Waals surface area contributed by atoms with E-state index in [1.54, 1.807) is 0 Å². The Labute approximate surface area is 248 Å². The first-order valence-electron chi connectivity index (χ1n) is 14.5. The standard InChI is InChI=1S/C32H38F3N3O3S/c1-31(2,3)28-20-38(19-25-12-8-16-40-25)30(42-28)36-29(39)26-17-23(32(33,34)35)13-14-27(26)41-21-24-11-7-15-37(24)18-22-9-5-4-6-10-22/h4-6,9-10,13-14,17,20,24-25H,7-8,11-12,15-16,18-19,21H2,1-3H3/t24-,25-/m0/s1. The quantitative estimate of drug-likeness (QED) is 0.284. The molecule has 0 bridgehead atoms. The Balaban J connectivity index is 1.42. The van der Waals surface area contributed by atoms with Gasteiger partial charge in [0.25, 0.3) is 5.91 Å². The second kappa shape index (κ2) is 12.7. The molecule has 0 radical (unpaired) electrons. The molecule has 0 aliphatic carbocycles. The number of hydrogen-bond acceptors (Lipinski definition) is 5. The molecule has 2 fully saturated rings. The molecule has 3 aromatic rings. The number of aromatic nitrogens is 1. The minimum absolute atomic E-state index is 0.0131. The predicted molar refractivity (Wildman–Crippen MR) is 157 cm³/mol. The van der Waals surface area contributed by atoms with Gasteiger partial charge in [-0.1, -0.05) is 51.1 Å². The average Bonchev–Trinajstić information content (AvgIpc) is 3.70. The van der Waals surface area contributed by atoms with Crippen LogP contribution in [0.5, 0.6) is 5.75 Å². The fourth-order valence-electron chi connectivity index (χ4n) is 5.39. The molecule has 0 N–H and O–H groups in total. The third-order valence-corrected chi connectivity index (χ3v) is 9.22. The number of hydrogen-bond donors (Lipinski definition) is 0. The third kappa shape index (κ3) is 7.51. The Morgan fingerprint density at radius 3 is 2.57 bits per heavy atom. The predicted octanol–water partition coefficient (Wildman–Crippen LogP) is 6.83. The van der Waals surface area contributed by atoms with Crippen molar-refractivity contribution in [3.63, 3.8) is 0 Å². The number of halogens is 3. The van der Waals surface area contributed by atoms with Crippen molar-refractivity contribution in [2.75, 3.05) is 19.8 Å². The number of carbonyl (C=O) groups is 1. The zero-order valence-electron chi connectivity index (χ0n) is 24.3. The number of ether oxygens (including phenoxy) is 2. The monoisotopic (exact) mass is 601 g/mol. The van der Waals surface area contributed by atoms with Gasteiger partial charge in [-0.2, -0.15) is 18.2 Å². The van der Waals surface area contributed by atoms with Crippen LogP contribution in [-0.2, 0) is 29.4 Å². The van der Waals surface area contributed by atoms with Crippen LogP contribution < -0.4 is 9.54 Å². The highest BCUT2D eigenvalue weighted by Crippen LogP contribution is 2.34. The van der Waals surface area contributed by atoms with Crippen LogP contribution in [0.2, 0.25) is 0 Å². The first kappa shape index (κ1) is 30.5. The van der Waals surface area contributed by atoms with Crippen LogP contribution in [0.4, 0.5) is 13.2 Å². The summed E-state index contributed by atoms with van der Waals surface area (Å²) in [4.78, 5) is 21.7. The van der Waals surface area contributed by atoms with Crippen molar-refractivity contribution >= 4 is 17.2 Å². The molecule has 2 aromatic carbocycles. The summed E-state index contributed by atoms with van der Waals surface area (Å²) in [6.07, 6.45) is 1.19. The molecule has 1 aromatic heterocycles. The summed E-state index contributed by atoms with van der Waals surface area (Å²) in [6, 6.07) is 13.3. The van der Waals surface area contributed by atoms with E-state index in [0.29, 0.717) is 18.0 Å². The minimum Gasteiger partial charge on any atom is -0.491 e. The smallest absolute Gasteiger partial charge is 0.416 e. The van der Waals surface area contributed by atoms with Gasteiger partial charge in [0, 0.05) is 30.3 Å². The maximum atomic E-state index is 13.7. The highest BCUT2D eigenvalue weighted by molar-refractivity contribution is 7.09. The van der Waals surface area contributed by atoms with E-state index >= 15 is 0 Å². The van der Waals surface area contributed by atoms with Crippen LogP contribution in [0.3, 0.4) is 0 Å². The lowest BCUT2D eigenvalue weighted by atomic mass is 9.95. The molecule has 0 saturated carbocycles. The van der Waals surface area contributed by atoms with Crippen molar-refractivity contribution < 1.29 is 27.4 Å². The van der Waals surface area contributed by atoms with Crippen molar-refractivity contribution in [3.05, 3.63) is 81.1 Å². The number of amides is 1. The number of rotatable bonds is 8. The summed E-state index contributed by atoms with van der Waals surface area (Å²) in [6.45, 7) is 9.39. The van der Waals surface area contributed by atoms with Gasteiger partial charge < -0.3 is 14.0 Å². The van der Waals surface area contributed by atoms with Gasteiger partial charge in [-0.25, -0.2) is 0 Å². The maximum Gasteiger partial charge on any atom is 0.416 e. The van der Waals surface area contributed by atoms with Crippen molar-refractivity contribution in [1.29, 1.82) is 0 Å². The van der Waals surface area contributed by atoms with Gasteiger partial charge in [0.1, 0.15) is 12.4 Å². The molecule has 10 heteroatoms. The van der Waals surface area contributed by atoms with E-state index in [1.807, 2.05) is 29.0 Å². The SMILES string of the molecule is CC(C)(C)c1cn(C[C@@H]2CCCO2)c(=NC(=O)c2cc(C(F)(F)F)ccc2OC[C@@H]2CCCN2Cc2ccccc2)s1. The van der Waals surface area contributed by atoms with Crippen molar-refractivity contribution in [3.8, 4) is 5.75 Å². The molecule has 6 nitrogen and oxygen atoms in total. The maximum absolute atomic E-state index is 13.7. The lowest BCUT2D eigenvalue weighted by Crippen LogP contribution is -2.33. The van der Waals surface area contributed by atoms with Crippen molar-refractivity contribution in [1.82, 2.24) is 9.47 Å². The highest BCUT2D eigenvalue weighted by atomic mass is 32.1. The normalized spacial score (nSPS) is 20.4. The number of alkyl halides is 3. The molecule has 1 amide bonds. The third-order valence-electron chi connectivity index (χ3n) is 7.78. The van der Waals surface area contributed by atoms with Gasteiger partial charge in [-0.05, 0) is 61.4 Å². The zero-order chi connectivity index (χ0) is 29.9. The summed E-state index contributed by atoms with van der Waals surface area (Å²) in [5, 5.41) is 0. The fourth-order valence-corrected chi connectivity index (χ4v) is 6.45. The average molecular weight is 602 g/mol. The van der Waals surface area contributed by atoms with E-state index in [0.717, 1.165) is 55.8 Å². The molecule has 226 valence electrons. The van der Waals surface area contributed by atoms with Gasteiger partial charge in [-0.3, -0.25) is 9.69 Å². The number of carbonyl (C=O) groups excluding carboxylic acids is 1. The summed E-state index contributed by atoms with van der Waals surface area (Å²) in [7, 11) is 0. The van der Waals surface area contributed by atoms with Gasteiger partial charge in [0.15, 0.2) is 4.80 Å². The molecule has 0 unspecified atom stereocenters. The first-order chi connectivity index (χ1) is 20.0. The van der Waals surface area contributed by atoms with Crippen LogP contribution in [0.1, 0.15) is 72.8 Å². The lowest BCUT2D eigenvalue weighted by molar-refractivity contribution is -0.137. The van der Waals surface area contributed by atoms with Gasteiger partial charge in [0.2, 0.25) is 0 Å². The second-order valence-electron chi connectivity index (χ2n) is 12.1. The summed E-state index contributed by atoms with van der Waals surface area (Å²) in [5.41, 5.74) is -0.0898. The summed E-state index contributed by atoms with van der Waals surface area (Å²) >= 11 is 1.37. The molecule has 2 aliphatic rings. The number of nitrogens with zero attached hydrogens (tertiary/aromatic N) is 3. The molecule has 0 spiro atoms. The van der Waals surface area contributed by atoms with Crippen LogP contribution in [-0.4, -0.2) is 47.3 Å². The Morgan fingerprint density at radius 2 is 1.88 bits per heavy atom. The van der Waals surface area contributed by atoms with Gasteiger partial charge >= 0.3 is 6.18 Å². The Morgan fingerprint density at radius 1 is 1.10 bits per heavy atom. The van der Waals surface area contributed by atoms with Crippen LogP contribution in [0.25, 0.3) is 0 Å². The number of likely N-dealkylation sites (tertiary alicyclic amines) is 1. The van der Waals surface area contributed by atoms with Gasteiger partial charge in [-0.15, -0.1) is 11.3 Å². The van der Waals surface area contributed by atoms with E-state index in [1.165, 1.54) is 23.0 Å². The van der Waals surface area contributed by atoms with Crippen molar-refractivity contribution in [2.45, 2.75) is 83.3 Å².